The average molecular weight is 392 g/mol. The highest BCUT2D eigenvalue weighted by Gasteiger charge is 2.24. The fourth-order valence-corrected chi connectivity index (χ4v) is 3.19. The van der Waals surface area contributed by atoms with E-state index < -0.39 is 6.10 Å². The van der Waals surface area contributed by atoms with E-state index in [1.165, 1.54) is 16.2 Å². The van der Waals surface area contributed by atoms with Gasteiger partial charge in [0.1, 0.15) is 5.75 Å². The fourth-order valence-electron chi connectivity index (χ4n) is 2.36. The standard InChI is InChI=1S/C18H18ClN3O3S/c1-3-14(24-13-7-4-6-12(19)10-13)18(23)22(2)11-16-20-17(21-25-16)15-8-5-9-26-15/h4-10,14H,3,11H2,1-2H3/t14-/m0/s1. The van der Waals surface area contributed by atoms with E-state index in [0.717, 1.165) is 4.88 Å². The van der Waals surface area contributed by atoms with Crippen molar-refractivity contribution < 1.29 is 14.1 Å². The molecule has 0 radical (unpaired) electrons. The van der Waals surface area contributed by atoms with Gasteiger partial charge >= 0.3 is 0 Å². The van der Waals surface area contributed by atoms with Gasteiger partial charge in [0.2, 0.25) is 11.7 Å². The maximum absolute atomic E-state index is 12.7. The normalized spacial score (nSPS) is 12.0. The fraction of sp³-hybridized carbons (Fsp3) is 0.278. The molecule has 1 aromatic carbocycles. The van der Waals surface area contributed by atoms with Gasteiger partial charge in [-0.25, -0.2) is 0 Å². The summed E-state index contributed by atoms with van der Waals surface area (Å²) in [5.74, 6) is 1.30. The molecule has 3 aromatic rings. The molecule has 6 nitrogen and oxygen atoms in total. The molecule has 0 aliphatic rings. The van der Waals surface area contributed by atoms with E-state index in [1.54, 1.807) is 31.3 Å². The maximum Gasteiger partial charge on any atom is 0.263 e. The van der Waals surface area contributed by atoms with E-state index in [4.69, 9.17) is 20.9 Å². The second-order valence-electron chi connectivity index (χ2n) is 5.66. The second kappa shape index (κ2) is 8.33. The third kappa shape index (κ3) is 4.42. The van der Waals surface area contributed by atoms with Crippen LogP contribution >= 0.6 is 22.9 Å². The monoisotopic (exact) mass is 391 g/mol. The van der Waals surface area contributed by atoms with Crippen LogP contribution in [-0.2, 0) is 11.3 Å². The summed E-state index contributed by atoms with van der Waals surface area (Å²) in [4.78, 5) is 19.5. The van der Waals surface area contributed by atoms with Gasteiger partial charge in [-0.15, -0.1) is 11.3 Å². The molecule has 136 valence electrons. The first-order valence-corrected chi connectivity index (χ1v) is 9.36. The van der Waals surface area contributed by atoms with Gasteiger partial charge < -0.3 is 14.2 Å². The number of likely N-dealkylation sites (N-methyl/N-ethyl adjacent to an activating group) is 1. The molecule has 0 spiro atoms. The summed E-state index contributed by atoms with van der Waals surface area (Å²) in [6.45, 7) is 2.11. The minimum absolute atomic E-state index is 0.164. The number of hydrogen-bond acceptors (Lipinski definition) is 6. The Hall–Kier alpha value is -2.38. The summed E-state index contributed by atoms with van der Waals surface area (Å²) in [6, 6.07) is 10.8. The summed E-state index contributed by atoms with van der Waals surface area (Å²) < 4.78 is 11.0. The number of benzene rings is 1. The largest absolute Gasteiger partial charge is 0.481 e. The molecule has 0 fully saturated rings. The Balaban J connectivity index is 1.64. The molecule has 26 heavy (non-hydrogen) atoms. The first kappa shape index (κ1) is 18.4. The number of carbonyl (C=O) groups is 1. The zero-order valence-corrected chi connectivity index (χ0v) is 16.0. The highest BCUT2D eigenvalue weighted by atomic mass is 35.5. The lowest BCUT2D eigenvalue weighted by Gasteiger charge is -2.22. The van der Waals surface area contributed by atoms with Crippen LogP contribution in [0.25, 0.3) is 10.7 Å². The molecule has 1 atom stereocenters. The number of aromatic nitrogens is 2. The van der Waals surface area contributed by atoms with E-state index in [1.807, 2.05) is 24.4 Å². The smallest absolute Gasteiger partial charge is 0.263 e. The number of carbonyl (C=O) groups excluding carboxylic acids is 1. The van der Waals surface area contributed by atoms with Gasteiger partial charge in [-0.1, -0.05) is 35.8 Å². The highest BCUT2D eigenvalue weighted by molar-refractivity contribution is 7.13. The maximum atomic E-state index is 12.7. The third-order valence-corrected chi connectivity index (χ3v) is 4.78. The Morgan fingerprint density at radius 3 is 2.92 bits per heavy atom. The number of hydrogen-bond donors (Lipinski definition) is 0. The summed E-state index contributed by atoms with van der Waals surface area (Å²) in [5.41, 5.74) is 0. The molecule has 0 N–H and O–H groups in total. The molecule has 0 unspecified atom stereocenters. The number of nitrogens with zero attached hydrogens (tertiary/aromatic N) is 3. The van der Waals surface area contributed by atoms with Crippen LogP contribution in [0.2, 0.25) is 5.02 Å². The Labute approximate surface area is 160 Å². The molecule has 2 heterocycles. The zero-order chi connectivity index (χ0) is 18.5. The summed E-state index contributed by atoms with van der Waals surface area (Å²) in [7, 11) is 1.68. The topological polar surface area (TPSA) is 68.5 Å². The molecule has 3 rings (SSSR count). The van der Waals surface area contributed by atoms with Gasteiger partial charge in [-0.3, -0.25) is 4.79 Å². The number of ether oxygens (including phenoxy) is 1. The van der Waals surface area contributed by atoms with Crippen LogP contribution in [0, 0.1) is 0 Å². The predicted molar refractivity (Wildman–Crippen MR) is 100 cm³/mol. The van der Waals surface area contributed by atoms with Crippen LogP contribution in [0.4, 0.5) is 0 Å². The molecule has 2 aromatic heterocycles. The third-order valence-electron chi connectivity index (χ3n) is 3.68. The van der Waals surface area contributed by atoms with Crippen molar-refractivity contribution >= 4 is 28.8 Å². The van der Waals surface area contributed by atoms with Crippen LogP contribution in [0.15, 0.2) is 46.3 Å². The first-order chi connectivity index (χ1) is 12.6. The Morgan fingerprint density at radius 2 is 2.23 bits per heavy atom. The van der Waals surface area contributed by atoms with Gasteiger partial charge in [-0.2, -0.15) is 4.98 Å². The summed E-state index contributed by atoms with van der Waals surface area (Å²) in [5, 5.41) is 6.46. The molecule has 8 heteroatoms. The molecular formula is C18H18ClN3O3S. The van der Waals surface area contributed by atoms with E-state index in [-0.39, 0.29) is 12.5 Å². The lowest BCUT2D eigenvalue weighted by molar-refractivity contribution is -0.138. The second-order valence-corrected chi connectivity index (χ2v) is 7.04. The van der Waals surface area contributed by atoms with Crippen LogP contribution < -0.4 is 4.74 Å². The summed E-state index contributed by atoms with van der Waals surface area (Å²) >= 11 is 7.49. The van der Waals surface area contributed by atoms with Crippen LogP contribution in [0.1, 0.15) is 19.2 Å². The molecule has 0 saturated carbocycles. The van der Waals surface area contributed by atoms with Crippen molar-refractivity contribution in [1.82, 2.24) is 15.0 Å². The van der Waals surface area contributed by atoms with Crippen LogP contribution in [0.3, 0.4) is 0 Å². The number of rotatable bonds is 7. The van der Waals surface area contributed by atoms with Gasteiger partial charge in [0.05, 0.1) is 11.4 Å². The number of amides is 1. The van der Waals surface area contributed by atoms with Crippen molar-refractivity contribution in [2.45, 2.75) is 26.0 Å². The van der Waals surface area contributed by atoms with Gasteiger partial charge in [0, 0.05) is 12.1 Å². The van der Waals surface area contributed by atoms with E-state index >= 15 is 0 Å². The number of halogens is 1. The predicted octanol–water partition coefficient (Wildman–Crippen LogP) is 4.27. The molecule has 0 saturated heterocycles. The Morgan fingerprint density at radius 1 is 1.38 bits per heavy atom. The van der Waals surface area contributed by atoms with Gasteiger partial charge in [0.15, 0.2) is 6.10 Å². The van der Waals surface area contributed by atoms with E-state index in [0.29, 0.717) is 28.9 Å². The first-order valence-electron chi connectivity index (χ1n) is 8.10. The van der Waals surface area contributed by atoms with E-state index in [2.05, 4.69) is 10.1 Å². The SMILES string of the molecule is CC[C@H](Oc1cccc(Cl)c1)C(=O)N(C)Cc1nc(-c2cccs2)no1. The molecule has 1 amide bonds. The molecule has 0 bridgehead atoms. The summed E-state index contributed by atoms with van der Waals surface area (Å²) in [6.07, 6.45) is -0.0851. The highest BCUT2D eigenvalue weighted by Crippen LogP contribution is 2.22. The minimum Gasteiger partial charge on any atom is -0.481 e. The Bertz CT molecular complexity index is 866. The van der Waals surface area contributed by atoms with Gasteiger partial charge in [-0.05, 0) is 36.1 Å². The van der Waals surface area contributed by atoms with Crippen molar-refractivity contribution in [2.24, 2.45) is 0 Å². The van der Waals surface area contributed by atoms with E-state index in [9.17, 15) is 4.79 Å². The van der Waals surface area contributed by atoms with Crippen molar-refractivity contribution in [2.75, 3.05) is 7.05 Å². The molecule has 0 aliphatic carbocycles. The quantitative estimate of drug-likeness (QED) is 0.601. The minimum atomic E-state index is -0.613. The van der Waals surface area contributed by atoms with Crippen molar-refractivity contribution in [1.29, 1.82) is 0 Å². The molecule has 0 aliphatic heterocycles. The number of thiophene rings is 1. The van der Waals surface area contributed by atoms with Crippen molar-refractivity contribution in [3.8, 4) is 16.5 Å². The zero-order valence-electron chi connectivity index (χ0n) is 14.4. The lowest BCUT2D eigenvalue weighted by Crippen LogP contribution is -2.39. The average Bonchev–Trinajstić information content (AvgIpc) is 3.30. The Kier molecular flexibility index (Phi) is 5.90. The lowest BCUT2D eigenvalue weighted by atomic mass is 10.2. The van der Waals surface area contributed by atoms with Gasteiger partial charge in [0.25, 0.3) is 5.91 Å². The van der Waals surface area contributed by atoms with Crippen molar-refractivity contribution in [3.63, 3.8) is 0 Å². The van der Waals surface area contributed by atoms with Crippen LogP contribution in [0.5, 0.6) is 5.75 Å². The van der Waals surface area contributed by atoms with Crippen molar-refractivity contribution in [3.05, 3.63) is 52.7 Å². The van der Waals surface area contributed by atoms with Crippen LogP contribution in [-0.4, -0.2) is 34.1 Å². The molecular weight excluding hydrogens is 374 g/mol.